The average molecular weight is 263 g/mol. The van der Waals surface area contributed by atoms with Gasteiger partial charge in [0.15, 0.2) is 0 Å². The van der Waals surface area contributed by atoms with Crippen molar-refractivity contribution in [2.45, 2.75) is 31.2 Å². The number of nitrogens with two attached hydrogens (primary N) is 1. The van der Waals surface area contributed by atoms with Crippen LogP contribution in [0.3, 0.4) is 0 Å². The number of benzene rings is 1. The molecule has 1 aromatic carbocycles. The Morgan fingerprint density at radius 2 is 2.12 bits per heavy atom. The van der Waals surface area contributed by atoms with Crippen molar-refractivity contribution in [2.24, 2.45) is 0 Å². The molecule has 0 aliphatic rings. The highest BCUT2D eigenvalue weighted by Crippen LogP contribution is 2.22. The molecule has 1 aromatic rings. The topological polar surface area (TPSA) is 72.2 Å². The maximum absolute atomic E-state index is 11.9. The van der Waals surface area contributed by atoms with Gasteiger partial charge in [0.1, 0.15) is 0 Å². The van der Waals surface area contributed by atoms with Gasteiger partial charge in [0, 0.05) is 6.04 Å². The minimum atomic E-state index is -3.50. The summed E-state index contributed by atoms with van der Waals surface area (Å²) < 4.78 is 26.3. The van der Waals surface area contributed by atoms with Gasteiger partial charge in [-0.15, -0.1) is 0 Å². The normalized spacial score (nSPS) is 13.7. The lowest BCUT2D eigenvalue weighted by molar-refractivity contribution is 0.556. The largest absolute Gasteiger partial charge is 0.397 e. The standard InChI is InChI=1S/C10H15ClN2O2S/c1-3-7(2)13-16(14,15)8-4-5-9(11)10(12)6-8/h4-7,13H,3,12H2,1-2H3/t7-/m1/s1. The molecule has 0 unspecified atom stereocenters. The number of nitrogen functional groups attached to an aromatic ring is 1. The van der Waals surface area contributed by atoms with Crippen LogP contribution in [-0.2, 0) is 10.0 Å². The number of rotatable bonds is 4. The monoisotopic (exact) mass is 262 g/mol. The predicted octanol–water partition coefficient (Wildman–Crippen LogP) is 2.00. The maximum Gasteiger partial charge on any atom is 0.240 e. The van der Waals surface area contributed by atoms with E-state index in [1.54, 1.807) is 6.92 Å². The van der Waals surface area contributed by atoms with E-state index in [9.17, 15) is 8.42 Å². The minimum absolute atomic E-state index is 0.109. The SMILES string of the molecule is CC[C@@H](C)NS(=O)(=O)c1ccc(Cl)c(N)c1. The average Bonchev–Trinajstić information content (AvgIpc) is 2.21. The van der Waals surface area contributed by atoms with Crippen molar-refractivity contribution in [3.05, 3.63) is 23.2 Å². The molecule has 0 heterocycles. The molecule has 0 bridgehead atoms. The zero-order valence-electron chi connectivity index (χ0n) is 9.20. The third-order valence-electron chi connectivity index (χ3n) is 2.25. The van der Waals surface area contributed by atoms with Gasteiger partial charge in [-0.25, -0.2) is 13.1 Å². The molecule has 0 spiro atoms. The smallest absolute Gasteiger partial charge is 0.240 e. The van der Waals surface area contributed by atoms with E-state index in [2.05, 4.69) is 4.72 Å². The highest BCUT2D eigenvalue weighted by Gasteiger charge is 2.17. The highest BCUT2D eigenvalue weighted by atomic mass is 35.5. The molecule has 16 heavy (non-hydrogen) atoms. The molecule has 3 N–H and O–H groups in total. The molecule has 1 rings (SSSR count). The van der Waals surface area contributed by atoms with Crippen molar-refractivity contribution in [3.63, 3.8) is 0 Å². The zero-order chi connectivity index (χ0) is 12.3. The molecule has 4 nitrogen and oxygen atoms in total. The van der Waals surface area contributed by atoms with Gasteiger partial charge < -0.3 is 5.73 Å². The van der Waals surface area contributed by atoms with Gasteiger partial charge in [-0.1, -0.05) is 18.5 Å². The Balaban J connectivity index is 3.03. The summed E-state index contributed by atoms with van der Waals surface area (Å²) >= 11 is 5.72. The maximum atomic E-state index is 11.9. The second-order valence-electron chi connectivity index (χ2n) is 3.61. The third kappa shape index (κ3) is 3.10. The van der Waals surface area contributed by atoms with Crippen LogP contribution in [-0.4, -0.2) is 14.5 Å². The molecular weight excluding hydrogens is 248 g/mol. The summed E-state index contributed by atoms with van der Waals surface area (Å²) in [6, 6.07) is 4.15. The number of anilines is 1. The van der Waals surface area contributed by atoms with E-state index in [0.717, 1.165) is 6.42 Å². The first-order chi connectivity index (χ1) is 7.36. The second-order valence-corrected chi connectivity index (χ2v) is 5.74. The van der Waals surface area contributed by atoms with Crippen molar-refractivity contribution in [1.82, 2.24) is 4.72 Å². The Hall–Kier alpha value is -0.780. The molecular formula is C10H15ClN2O2S. The number of halogens is 1. The number of hydrogen-bond donors (Lipinski definition) is 2. The van der Waals surface area contributed by atoms with E-state index < -0.39 is 10.0 Å². The molecule has 0 aliphatic heterocycles. The third-order valence-corrected chi connectivity index (χ3v) is 4.18. The van der Waals surface area contributed by atoms with Gasteiger partial charge in [-0.05, 0) is 31.5 Å². The number of sulfonamides is 1. The van der Waals surface area contributed by atoms with Crippen LogP contribution in [0.4, 0.5) is 5.69 Å². The van der Waals surface area contributed by atoms with Gasteiger partial charge in [-0.2, -0.15) is 0 Å². The van der Waals surface area contributed by atoms with Crippen molar-refractivity contribution in [3.8, 4) is 0 Å². The molecule has 6 heteroatoms. The van der Waals surface area contributed by atoms with E-state index in [-0.39, 0.29) is 16.6 Å². The van der Waals surface area contributed by atoms with Crippen LogP contribution < -0.4 is 10.5 Å². The Labute approximate surface area is 101 Å². The first kappa shape index (κ1) is 13.3. The second kappa shape index (κ2) is 5.03. The molecule has 0 saturated carbocycles. The van der Waals surface area contributed by atoms with Gasteiger partial charge >= 0.3 is 0 Å². The van der Waals surface area contributed by atoms with E-state index in [1.807, 2.05) is 6.92 Å². The van der Waals surface area contributed by atoms with E-state index >= 15 is 0 Å². The fourth-order valence-corrected chi connectivity index (χ4v) is 2.58. The lowest BCUT2D eigenvalue weighted by Gasteiger charge is -2.12. The summed E-state index contributed by atoms with van der Waals surface area (Å²) in [6.45, 7) is 3.71. The lowest BCUT2D eigenvalue weighted by atomic mass is 10.3. The minimum Gasteiger partial charge on any atom is -0.397 e. The molecule has 0 fully saturated rings. The summed E-state index contributed by atoms with van der Waals surface area (Å²) in [7, 11) is -3.50. The van der Waals surface area contributed by atoms with Crippen LogP contribution in [0.25, 0.3) is 0 Å². The van der Waals surface area contributed by atoms with Crippen LogP contribution in [0.5, 0.6) is 0 Å². The molecule has 0 aliphatic carbocycles. The van der Waals surface area contributed by atoms with Crippen molar-refractivity contribution in [1.29, 1.82) is 0 Å². The summed E-state index contributed by atoms with van der Waals surface area (Å²) in [5.41, 5.74) is 5.81. The van der Waals surface area contributed by atoms with Crippen LogP contribution in [0.2, 0.25) is 5.02 Å². The Bertz CT molecular complexity index is 474. The fourth-order valence-electron chi connectivity index (χ4n) is 1.11. The van der Waals surface area contributed by atoms with Crippen LogP contribution >= 0.6 is 11.6 Å². The number of hydrogen-bond acceptors (Lipinski definition) is 3. The van der Waals surface area contributed by atoms with Crippen molar-refractivity contribution in [2.75, 3.05) is 5.73 Å². The Kier molecular flexibility index (Phi) is 4.18. The van der Waals surface area contributed by atoms with Gasteiger partial charge in [0.25, 0.3) is 0 Å². The van der Waals surface area contributed by atoms with Crippen LogP contribution in [0.15, 0.2) is 23.1 Å². The van der Waals surface area contributed by atoms with E-state index in [4.69, 9.17) is 17.3 Å². The van der Waals surface area contributed by atoms with Gasteiger partial charge in [0.2, 0.25) is 10.0 Å². The van der Waals surface area contributed by atoms with Crippen LogP contribution in [0.1, 0.15) is 20.3 Å². The van der Waals surface area contributed by atoms with Gasteiger partial charge in [-0.3, -0.25) is 0 Å². The molecule has 90 valence electrons. The number of nitrogens with one attached hydrogen (secondary N) is 1. The lowest BCUT2D eigenvalue weighted by Crippen LogP contribution is -2.32. The molecule has 0 saturated heterocycles. The molecule has 0 aromatic heterocycles. The first-order valence-corrected chi connectivity index (χ1v) is 6.80. The van der Waals surface area contributed by atoms with Crippen molar-refractivity contribution < 1.29 is 8.42 Å². The summed E-state index contributed by atoms with van der Waals surface area (Å²) in [5.74, 6) is 0. The molecule has 1 atom stereocenters. The fraction of sp³-hybridized carbons (Fsp3) is 0.400. The Morgan fingerprint density at radius 1 is 1.50 bits per heavy atom. The van der Waals surface area contributed by atoms with Crippen molar-refractivity contribution >= 4 is 27.3 Å². The van der Waals surface area contributed by atoms with Crippen LogP contribution in [0, 0.1) is 0 Å². The molecule has 0 amide bonds. The van der Waals surface area contributed by atoms with E-state index in [0.29, 0.717) is 5.02 Å². The highest BCUT2D eigenvalue weighted by molar-refractivity contribution is 7.89. The summed E-state index contributed by atoms with van der Waals surface area (Å²) in [4.78, 5) is 0.134. The van der Waals surface area contributed by atoms with E-state index in [1.165, 1.54) is 18.2 Å². The summed E-state index contributed by atoms with van der Waals surface area (Å²) in [5, 5.41) is 0.350. The molecule has 0 radical (unpaired) electrons. The summed E-state index contributed by atoms with van der Waals surface area (Å²) in [6.07, 6.45) is 0.725. The Morgan fingerprint density at radius 3 is 2.62 bits per heavy atom. The first-order valence-electron chi connectivity index (χ1n) is 4.94. The van der Waals surface area contributed by atoms with Gasteiger partial charge in [0.05, 0.1) is 15.6 Å². The predicted molar refractivity (Wildman–Crippen MR) is 65.9 cm³/mol. The zero-order valence-corrected chi connectivity index (χ0v) is 10.8. The quantitative estimate of drug-likeness (QED) is 0.816.